The van der Waals surface area contributed by atoms with E-state index in [-0.39, 0.29) is 6.10 Å². The summed E-state index contributed by atoms with van der Waals surface area (Å²) in [6.07, 6.45) is -3.25. The Morgan fingerprint density at radius 2 is 2.06 bits per heavy atom. The topological polar surface area (TPSA) is 114 Å². The van der Waals surface area contributed by atoms with Gasteiger partial charge in [0.2, 0.25) is 0 Å². The van der Waals surface area contributed by atoms with Gasteiger partial charge in [0.1, 0.15) is 18.2 Å². The molecule has 7 heteroatoms. The zero-order valence-corrected chi connectivity index (χ0v) is 10.9. The molecule has 0 aliphatic carbocycles. The average Bonchev–Trinajstić information content (AvgIpc) is 2.27. The number of aliphatic hydroxyl groups excluding tert-OH is 2. The fourth-order valence-electron chi connectivity index (χ4n) is 1.97. The molecule has 0 spiro atoms. The van der Waals surface area contributed by atoms with Crippen molar-refractivity contribution in [3.8, 4) is 0 Å². The lowest BCUT2D eigenvalue weighted by Crippen LogP contribution is -2.64. The molecular weight excluding hydrogens is 240 g/mol. The third kappa shape index (κ3) is 3.55. The highest BCUT2D eigenvalue weighted by Crippen LogP contribution is 2.24. The van der Waals surface area contributed by atoms with Gasteiger partial charge in [-0.1, -0.05) is 6.92 Å². The first-order valence-electron chi connectivity index (χ1n) is 6.09. The van der Waals surface area contributed by atoms with Crippen LogP contribution in [0.1, 0.15) is 27.2 Å². The van der Waals surface area contributed by atoms with E-state index >= 15 is 0 Å². The minimum Gasteiger partial charge on any atom is -0.388 e. The van der Waals surface area contributed by atoms with Crippen molar-refractivity contribution in [1.29, 1.82) is 0 Å². The van der Waals surface area contributed by atoms with Crippen LogP contribution in [0.3, 0.4) is 0 Å². The van der Waals surface area contributed by atoms with Crippen molar-refractivity contribution in [2.45, 2.75) is 63.9 Å². The number of nitrogens with two attached hydrogens (primary N) is 1. The van der Waals surface area contributed by atoms with E-state index in [0.717, 1.165) is 0 Å². The van der Waals surface area contributed by atoms with E-state index in [1.54, 1.807) is 0 Å². The van der Waals surface area contributed by atoms with Crippen molar-refractivity contribution in [1.82, 2.24) is 5.32 Å². The monoisotopic (exact) mass is 262 g/mol. The molecule has 5 N–H and O–H groups in total. The molecule has 0 bridgehead atoms. The Bertz CT molecular complexity index is 287. The van der Waals surface area contributed by atoms with E-state index in [0.29, 0.717) is 6.42 Å². The van der Waals surface area contributed by atoms with Crippen molar-refractivity contribution in [3.63, 3.8) is 0 Å². The van der Waals surface area contributed by atoms with Gasteiger partial charge in [-0.25, -0.2) is 4.79 Å². The number of rotatable bonds is 4. The molecule has 1 fully saturated rings. The van der Waals surface area contributed by atoms with Crippen LogP contribution < -0.4 is 11.1 Å². The fourth-order valence-corrected chi connectivity index (χ4v) is 1.97. The van der Waals surface area contributed by atoms with Gasteiger partial charge in [-0.05, 0) is 20.3 Å². The van der Waals surface area contributed by atoms with Gasteiger partial charge in [0.05, 0.1) is 12.2 Å². The van der Waals surface area contributed by atoms with Crippen LogP contribution in [0.2, 0.25) is 0 Å². The Kier molecular flexibility index (Phi) is 5.33. The maximum Gasteiger partial charge on any atom is 0.312 e. The molecule has 5 atom stereocenters. The van der Waals surface area contributed by atoms with Crippen LogP contribution >= 0.6 is 0 Å². The largest absolute Gasteiger partial charge is 0.388 e. The van der Waals surface area contributed by atoms with Crippen LogP contribution in [0.25, 0.3) is 0 Å². The molecule has 1 heterocycles. The zero-order chi connectivity index (χ0) is 13.9. The highest BCUT2D eigenvalue weighted by molar-refractivity contribution is 5.72. The lowest BCUT2D eigenvalue weighted by molar-refractivity contribution is -0.272. The number of nitrogens with one attached hydrogen (secondary N) is 1. The number of hydrogen-bond donors (Lipinski definition) is 4. The summed E-state index contributed by atoms with van der Waals surface area (Å²) in [6, 6.07) is -1.69. The maximum atomic E-state index is 10.9. The van der Waals surface area contributed by atoms with Crippen molar-refractivity contribution in [3.05, 3.63) is 0 Å². The van der Waals surface area contributed by atoms with Crippen LogP contribution in [0.5, 0.6) is 0 Å². The number of carbonyl (C=O) groups is 1. The standard InChI is InChI=1S/C11H22N2O5/c1-4-6-8(14)9(15)7(13-11(12)16)10(18-6)17-5(2)3/h5-10,14-15H,4H2,1-3H3,(H3,12,13,16)/t6-,7-,8+,9-,10?/m1/s1. The predicted octanol–water partition coefficient (Wildman–Crippen LogP) is -0.695. The second-order valence-corrected chi connectivity index (χ2v) is 4.65. The maximum absolute atomic E-state index is 10.9. The van der Waals surface area contributed by atoms with Gasteiger partial charge >= 0.3 is 6.03 Å². The highest BCUT2D eigenvalue weighted by Gasteiger charge is 2.45. The van der Waals surface area contributed by atoms with E-state index < -0.39 is 36.7 Å². The molecule has 1 aliphatic heterocycles. The fraction of sp³-hybridized carbons (Fsp3) is 0.909. The normalized spacial score (nSPS) is 36.7. The summed E-state index contributed by atoms with van der Waals surface area (Å²) in [7, 11) is 0. The lowest BCUT2D eigenvalue weighted by atomic mass is 9.95. The van der Waals surface area contributed by atoms with E-state index in [2.05, 4.69) is 5.32 Å². The summed E-state index contributed by atoms with van der Waals surface area (Å²) < 4.78 is 11.0. The molecule has 1 unspecified atom stereocenters. The van der Waals surface area contributed by atoms with Crippen LogP contribution in [-0.2, 0) is 9.47 Å². The van der Waals surface area contributed by atoms with E-state index in [9.17, 15) is 15.0 Å². The molecular formula is C11H22N2O5. The van der Waals surface area contributed by atoms with Crippen molar-refractivity contribution < 1.29 is 24.5 Å². The molecule has 0 aromatic heterocycles. The number of urea groups is 1. The van der Waals surface area contributed by atoms with Gasteiger partial charge in [-0.3, -0.25) is 0 Å². The molecule has 1 rings (SSSR count). The van der Waals surface area contributed by atoms with Gasteiger partial charge in [-0.15, -0.1) is 0 Å². The molecule has 0 radical (unpaired) electrons. The Morgan fingerprint density at radius 1 is 1.44 bits per heavy atom. The molecule has 0 aromatic rings. The SMILES string of the molecule is CC[C@H]1OC(OC(C)C)[C@H](NC(N)=O)[C@@H](O)[C@H]1O. The molecule has 1 aliphatic rings. The van der Waals surface area contributed by atoms with Gasteiger partial charge in [-0.2, -0.15) is 0 Å². The summed E-state index contributed by atoms with van der Waals surface area (Å²) in [6.45, 7) is 5.45. The quantitative estimate of drug-likeness (QED) is 0.535. The third-order valence-corrected chi connectivity index (χ3v) is 2.82. The summed E-state index contributed by atoms with van der Waals surface area (Å²) >= 11 is 0. The second kappa shape index (κ2) is 6.33. The summed E-state index contributed by atoms with van der Waals surface area (Å²) in [5.41, 5.74) is 5.04. The molecule has 106 valence electrons. The number of aliphatic hydroxyl groups is 2. The number of hydrogen-bond acceptors (Lipinski definition) is 5. The van der Waals surface area contributed by atoms with Gasteiger partial charge < -0.3 is 30.7 Å². The van der Waals surface area contributed by atoms with Crippen molar-refractivity contribution in [2.75, 3.05) is 0 Å². The molecule has 7 nitrogen and oxygen atoms in total. The Labute approximate surface area is 106 Å². The first kappa shape index (κ1) is 15.2. The van der Waals surface area contributed by atoms with Crippen LogP contribution in [0.15, 0.2) is 0 Å². The number of primary amides is 1. The van der Waals surface area contributed by atoms with Gasteiger partial charge in [0, 0.05) is 0 Å². The Hall–Kier alpha value is -0.890. The first-order valence-corrected chi connectivity index (χ1v) is 6.09. The van der Waals surface area contributed by atoms with Crippen molar-refractivity contribution in [2.24, 2.45) is 5.73 Å². The Morgan fingerprint density at radius 3 is 2.50 bits per heavy atom. The first-order chi connectivity index (χ1) is 8.36. The second-order valence-electron chi connectivity index (χ2n) is 4.65. The van der Waals surface area contributed by atoms with Crippen LogP contribution in [0, 0.1) is 0 Å². The summed E-state index contributed by atoms with van der Waals surface area (Å²) in [4.78, 5) is 10.9. The summed E-state index contributed by atoms with van der Waals surface area (Å²) in [5, 5.41) is 22.2. The number of amides is 2. The van der Waals surface area contributed by atoms with Crippen LogP contribution in [0.4, 0.5) is 4.79 Å². The molecule has 2 amide bonds. The average molecular weight is 262 g/mol. The number of carbonyl (C=O) groups excluding carboxylic acids is 1. The van der Waals surface area contributed by atoms with E-state index in [4.69, 9.17) is 15.2 Å². The smallest absolute Gasteiger partial charge is 0.312 e. The van der Waals surface area contributed by atoms with Gasteiger partial charge in [0.25, 0.3) is 0 Å². The molecule has 0 aromatic carbocycles. The molecule has 18 heavy (non-hydrogen) atoms. The van der Waals surface area contributed by atoms with E-state index in [1.807, 2.05) is 20.8 Å². The Balaban J connectivity index is 2.83. The predicted molar refractivity (Wildman–Crippen MR) is 63.7 cm³/mol. The minimum atomic E-state index is -1.18. The minimum absolute atomic E-state index is 0.146. The van der Waals surface area contributed by atoms with Crippen molar-refractivity contribution >= 4 is 6.03 Å². The van der Waals surface area contributed by atoms with Crippen LogP contribution in [-0.4, -0.2) is 53.0 Å². The summed E-state index contributed by atoms with van der Waals surface area (Å²) in [5.74, 6) is 0. The molecule has 1 saturated heterocycles. The lowest BCUT2D eigenvalue weighted by Gasteiger charge is -2.42. The van der Waals surface area contributed by atoms with E-state index in [1.165, 1.54) is 0 Å². The molecule has 0 saturated carbocycles. The number of ether oxygens (including phenoxy) is 2. The highest BCUT2D eigenvalue weighted by atomic mass is 16.7. The van der Waals surface area contributed by atoms with Gasteiger partial charge in [0.15, 0.2) is 6.29 Å². The zero-order valence-electron chi connectivity index (χ0n) is 10.9. The third-order valence-electron chi connectivity index (χ3n) is 2.82.